The third kappa shape index (κ3) is 2.08. The molecule has 3 nitrogen and oxygen atoms in total. The number of nitrogens with zero attached hydrogens (tertiary/aromatic N) is 1. The lowest BCUT2D eigenvalue weighted by Crippen LogP contribution is -2.27. The molecule has 0 saturated heterocycles. The van der Waals surface area contributed by atoms with Crippen molar-refractivity contribution in [2.24, 2.45) is 0 Å². The van der Waals surface area contributed by atoms with Gasteiger partial charge in [0, 0.05) is 19.0 Å². The number of carbonyl (C=O) groups excluding carboxylic acids is 1. The molecule has 0 radical (unpaired) electrons. The number of furan rings is 1. The van der Waals surface area contributed by atoms with Crippen LogP contribution in [0.5, 0.6) is 0 Å². The standard InChI is InChI=1S/C13H15NO2/c1-3-14(2)13(15)9-10-4-5-11-6-7-16-12(11)8-10/h4-8H,3,9H2,1-2H3. The molecule has 16 heavy (non-hydrogen) atoms. The van der Waals surface area contributed by atoms with E-state index in [-0.39, 0.29) is 5.91 Å². The molecule has 0 aliphatic heterocycles. The molecule has 2 rings (SSSR count). The third-order valence-corrected chi connectivity index (χ3v) is 2.78. The zero-order chi connectivity index (χ0) is 11.5. The highest BCUT2D eigenvalue weighted by molar-refractivity contribution is 5.82. The summed E-state index contributed by atoms with van der Waals surface area (Å²) in [5.41, 5.74) is 1.83. The second-order valence-electron chi connectivity index (χ2n) is 3.88. The van der Waals surface area contributed by atoms with Crippen LogP contribution in [0.1, 0.15) is 12.5 Å². The Morgan fingerprint density at radius 3 is 2.94 bits per heavy atom. The van der Waals surface area contributed by atoms with Gasteiger partial charge in [0.05, 0.1) is 12.7 Å². The first kappa shape index (κ1) is 10.7. The molecule has 0 aliphatic carbocycles. The van der Waals surface area contributed by atoms with Crippen LogP contribution in [-0.2, 0) is 11.2 Å². The Kier molecular flexibility index (Phi) is 2.95. The van der Waals surface area contributed by atoms with Gasteiger partial charge in [0.25, 0.3) is 0 Å². The van der Waals surface area contributed by atoms with E-state index in [9.17, 15) is 4.79 Å². The smallest absolute Gasteiger partial charge is 0.226 e. The van der Waals surface area contributed by atoms with Gasteiger partial charge in [-0.15, -0.1) is 0 Å². The Balaban J connectivity index is 2.17. The van der Waals surface area contributed by atoms with Crippen molar-refractivity contribution in [3.63, 3.8) is 0 Å². The van der Waals surface area contributed by atoms with Gasteiger partial charge in [-0.3, -0.25) is 4.79 Å². The van der Waals surface area contributed by atoms with E-state index < -0.39 is 0 Å². The van der Waals surface area contributed by atoms with Crippen molar-refractivity contribution in [3.05, 3.63) is 36.1 Å². The predicted molar refractivity (Wildman–Crippen MR) is 63.2 cm³/mol. The summed E-state index contributed by atoms with van der Waals surface area (Å²) in [6, 6.07) is 7.79. The van der Waals surface area contributed by atoms with Crippen LogP contribution in [0.3, 0.4) is 0 Å². The largest absolute Gasteiger partial charge is 0.464 e. The molecule has 0 aliphatic rings. The van der Waals surface area contributed by atoms with E-state index in [1.807, 2.05) is 38.2 Å². The monoisotopic (exact) mass is 217 g/mol. The number of carbonyl (C=O) groups is 1. The maximum absolute atomic E-state index is 11.7. The second kappa shape index (κ2) is 4.39. The summed E-state index contributed by atoms with van der Waals surface area (Å²) in [4.78, 5) is 13.4. The van der Waals surface area contributed by atoms with Gasteiger partial charge in [-0.1, -0.05) is 12.1 Å². The molecule has 0 unspecified atom stereocenters. The molecule has 1 aromatic carbocycles. The molecule has 0 saturated carbocycles. The normalized spacial score (nSPS) is 10.6. The Hall–Kier alpha value is -1.77. The molecule has 1 aromatic heterocycles. The third-order valence-electron chi connectivity index (χ3n) is 2.78. The summed E-state index contributed by atoms with van der Waals surface area (Å²) in [6.07, 6.45) is 2.09. The van der Waals surface area contributed by atoms with Crippen LogP contribution in [0.15, 0.2) is 34.9 Å². The lowest BCUT2D eigenvalue weighted by Gasteiger charge is -2.14. The van der Waals surface area contributed by atoms with Crippen molar-refractivity contribution in [2.75, 3.05) is 13.6 Å². The van der Waals surface area contributed by atoms with E-state index in [0.29, 0.717) is 6.42 Å². The molecule has 0 bridgehead atoms. The van der Waals surface area contributed by atoms with Crippen LogP contribution >= 0.6 is 0 Å². The van der Waals surface area contributed by atoms with Gasteiger partial charge in [0.1, 0.15) is 5.58 Å². The van der Waals surface area contributed by atoms with Crippen LogP contribution in [0.25, 0.3) is 11.0 Å². The summed E-state index contributed by atoms with van der Waals surface area (Å²) in [5.74, 6) is 0.133. The molecular weight excluding hydrogens is 202 g/mol. The van der Waals surface area contributed by atoms with Crippen molar-refractivity contribution < 1.29 is 9.21 Å². The number of rotatable bonds is 3. The van der Waals surface area contributed by atoms with Crippen LogP contribution in [-0.4, -0.2) is 24.4 Å². The van der Waals surface area contributed by atoms with E-state index in [2.05, 4.69) is 0 Å². The zero-order valence-electron chi connectivity index (χ0n) is 9.56. The second-order valence-corrected chi connectivity index (χ2v) is 3.88. The van der Waals surface area contributed by atoms with Crippen LogP contribution in [0.4, 0.5) is 0 Å². The molecule has 0 fully saturated rings. The van der Waals surface area contributed by atoms with Gasteiger partial charge < -0.3 is 9.32 Å². The first-order chi connectivity index (χ1) is 7.70. The van der Waals surface area contributed by atoms with Gasteiger partial charge >= 0.3 is 0 Å². The summed E-state index contributed by atoms with van der Waals surface area (Å²) in [6.45, 7) is 2.70. The van der Waals surface area contributed by atoms with Gasteiger partial charge in [0.2, 0.25) is 5.91 Å². The van der Waals surface area contributed by atoms with Crippen molar-refractivity contribution in [1.29, 1.82) is 0 Å². The van der Waals surface area contributed by atoms with Crippen LogP contribution in [0.2, 0.25) is 0 Å². The maximum atomic E-state index is 11.7. The average Bonchev–Trinajstić information content (AvgIpc) is 2.75. The SMILES string of the molecule is CCN(C)C(=O)Cc1ccc2ccoc2c1. The fourth-order valence-electron chi connectivity index (χ4n) is 1.60. The highest BCUT2D eigenvalue weighted by atomic mass is 16.3. The van der Waals surface area contributed by atoms with Gasteiger partial charge in [0.15, 0.2) is 0 Å². The lowest BCUT2D eigenvalue weighted by atomic mass is 10.1. The first-order valence-corrected chi connectivity index (χ1v) is 5.41. The van der Waals surface area contributed by atoms with Crippen molar-refractivity contribution in [3.8, 4) is 0 Å². The molecule has 1 heterocycles. The molecule has 0 atom stereocenters. The molecule has 2 aromatic rings. The van der Waals surface area contributed by atoms with Gasteiger partial charge in [-0.2, -0.15) is 0 Å². The number of hydrogen-bond donors (Lipinski definition) is 0. The van der Waals surface area contributed by atoms with E-state index in [1.54, 1.807) is 11.2 Å². The van der Waals surface area contributed by atoms with Crippen molar-refractivity contribution in [1.82, 2.24) is 4.90 Å². The van der Waals surface area contributed by atoms with E-state index in [1.165, 1.54) is 0 Å². The quantitative estimate of drug-likeness (QED) is 0.791. The number of benzene rings is 1. The summed E-state index contributed by atoms with van der Waals surface area (Å²) >= 11 is 0. The average molecular weight is 217 g/mol. The van der Waals surface area contributed by atoms with Crippen LogP contribution < -0.4 is 0 Å². The lowest BCUT2D eigenvalue weighted by molar-refractivity contribution is -0.128. The Morgan fingerprint density at radius 1 is 1.38 bits per heavy atom. The highest BCUT2D eigenvalue weighted by Crippen LogP contribution is 2.17. The highest BCUT2D eigenvalue weighted by Gasteiger charge is 2.08. The fourth-order valence-corrected chi connectivity index (χ4v) is 1.60. The molecule has 1 amide bonds. The minimum atomic E-state index is 0.133. The fraction of sp³-hybridized carbons (Fsp3) is 0.308. The number of likely N-dealkylation sites (N-methyl/N-ethyl adjacent to an activating group) is 1. The predicted octanol–water partition coefficient (Wildman–Crippen LogP) is 2.45. The minimum absolute atomic E-state index is 0.133. The Bertz CT molecular complexity index is 501. The van der Waals surface area contributed by atoms with E-state index in [4.69, 9.17) is 4.42 Å². The van der Waals surface area contributed by atoms with Crippen molar-refractivity contribution in [2.45, 2.75) is 13.3 Å². The van der Waals surface area contributed by atoms with Gasteiger partial charge in [-0.05, 0) is 24.6 Å². The first-order valence-electron chi connectivity index (χ1n) is 5.41. The number of fused-ring (bicyclic) bond motifs is 1. The van der Waals surface area contributed by atoms with E-state index in [0.717, 1.165) is 23.1 Å². The molecule has 0 N–H and O–H groups in total. The molecule has 3 heteroatoms. The zero-order valence-corrected chi connectivity index (χ0v) is 9.56. The number of amides is 1. The molecule has 84 valence electrons. The van der Waals surface area contributed by atoms with Crippen LogP contribution in [0, 0.1) is 0 Å². The van der Waals surface area contributed by atoms with Gasteiger partial charge in [-0.25, -0.2) is 0 Å². The summed E-state index contributed by atoms with van der Waals surface area (Å²) in [5, 5.41) is 1.07. The topological polar surface area (TPSA) is 33.5 Å². The van der Waals surface area contributed by atoms with Crippen molar-refractivity contribution >= 4 is 16.9 Å². The van der Waals surface area contributed by atoms with E-state index >= 15 is 0 Å². The number of hydrogen-bond acceptors (Lipinski definition) is 2. The summed E-state index contributed by atoms with van der Waals surface area (Å²) < 4.78 is 5.30. The Morgan fingerprint density at radius 2 is 2.19 bits per heavy atom. The Labute approximate surface area is 94.7 Å². The molecular formula is C13H15NO2. The summed E-state index contributed by atoms with van der Waals surface area (Å²) in [7, 11) is 1.81. The minimum Gasteiger partial charge on any atom is -0.464 e. The maximum Gasteiger partial charge on any atom is 0.226 e. The molecule has 0 spiro atoms.